The summed E-state index contributed by atoms with van der Waals surface area (Å²) in [4.78, 5) is 13.1. The van der Waals surface area contributed by atoms with E-state index in [1.54, 1.807) is 6.08 Å². The first-order valence-electron chi connectivity index (χ1n) is 6.03. The van der Waals surface area contributed by atoms with Gasteiger partial charge < -0.3 is 5.73 Å². The maximum Gasteiger partial charge on any atom is 0.241 e. The number of carbonyl (C=O) groups is 1. The van der Waals surface area contributed by atoms with Gasteiger partial charge in [0.1, 0.15) is 0 Å². The van der Waals surface area contributed by atoms with E-state index in [2.05, 4.69) is 17.0 Å². The largest absolute Gasteiger partial charge is 0.366 e. The Morgan fingerprint density at radius 3 is 2.82 bits per heavy atom. The zero-order valence-corrected chi connectivity index (χ0v) is 9.93. The topological polar surface area (TPSA) is 46.3 Å². The van der Waals surface area contributed by atoms with Crippen molar-refractivity contribution < 1.29 is 4.79 Å². The molecule has 1 aromatic rings. The minimum absolute atomic E-state index is 0.407. The molecule has 1 fully saturated rings. The van der Waals surface area contributed by atoms with Crippen molar-refractivity contribution in [2.45, 2.75) is 19.4 Å². The smallest absolute Gasteiger partial charge is 0.241 e. The number of carbonyl (C=O) groups excluding carboxylic acids is 1. The normalized spacial score (nSPS) is 16.7. The average molecular weight is 230 g/mol. The van der Waals surface area contributed by atoms with Crippen LogP contribution < -0.4 is 5.73 Å². The third-order valence-electron chi connectivity index (χ3n) is 3.00. The fraction of sp³-hybridized carbons (Fsp3) is 0.357. The van der Waals surface area contributed by atoms with Crippen LogP contribution in [0.1, 0.15) is 24.0 Å². The Hall–Kier alpha value is -1.61. The predicted molar refractivity (Wildman–Crippen MR) is 69.2 cm³/mol. The fourth-order valence-electron chi connectivity index (χ4n) is 2.17. The Bertz CT molecular complexity index is 420. The van der Waals surface area contributed by atoms with Gasteiger partial charge in [-0.05, 0) is 43.1 Å². The zero-order chi connectivity index (χ0) is 12.1. The zero-order valence-electron chi connectivity index (χ0n) is 9.93. The molecule has 1 amide bonds. The van der Waals surface area contributed by atoms with Gasteiger partial charge in [0.15, 0.2) is 0 Å². The summed E-state index contributed by atoms with van der Waals surface area (Å²) in [6.45, 7) is 3.39. The lowest BCUT2D eigenvalue weighted by molar-refractivity contribution is -0.113. The van der Waals surface area contributed by atoms with Gasteiger partial charge in [-0.2, -0.15) is 0 Å². The Morgan fingerprint density at radius 1 is 1.35 bits per heavy atom. The van der Waals surface area contributed by atoms with Crippen molar-refractivity contribution in [3.8, 4) is 0 Å². The van der Waals surface area contributed by atoms with Crippen LogP contribution >= 0.6 is 0 Å². The standard InChI is InChI=1S/C14H18N2O/c15-14(17)7-6-12-4-3-5-13(10-12)11-16-8-1-2-9-16/h3-7,10H,1-2,8-9,11H2,(H2,15,17). The summed E-state index contributed by atoms with van der Waals surface area (Å²) in [5.74, 6) is -0.407. The molecule has 0 aliphatic carbocycles. The SMILES string of the molecule is NC(=O)C=Cc1cccc(CN2CCCC2)c1. The molecule has 1 heterocycles. The van der Waals surface area contributed by atoms with Crippen LogP contribution in [0.15, 0.2) is 30.3 Å². The maximum absolute atomic E-state index is 10.7. The molecule has 0 aromatic heterocycles. The number of amides is 1. The second-order valence-electron chi connectivity index (χ2n) is 4.46. The van der Waals surface area contributed by atoms with Crippen LogP contribution in [0.4, 0.5) is 0 Å². The molecule has 0 saturated carbocycles. The Morgan fingerprint density at radius 2 is 2.12 bits per heavy atom. The monoisotopic (exact) mass is 230 g/mol. The van der Waals surface area contributed by atoms with E-state index in [0.29, 0.717) is 0 Å². The number of hydrogen-bond donors (Lipinski definition) is 1. The lowest BCUT2D eigenvalue weighted by Crippen LogP contribution is -2.18. The van der Waals surface area contributed by atoms with E-state index in [9.17, 15) is 4.79 Å². The van der Waals surface area contributed by atoms with Crippen LogP contribution in [0.3, 0.4) is 0 Å². The van der Waals surface area contributed by atoms with E-state index >= 15 is 0 Å². The van der Waals surface area contributed by atoms with Gasteiger partial charge in [0.05, 0.1) is 0 Å². The quantitative estimate of drug-likeness (QED) is 0.801. The van der Waals surface area contributed by atoms with Crippen molar-refractivity contribution in [2.75, 3.05) is 13.1 Å². The number of benzene rings is 1. The van der Waals surface area contributed by atoms with E-state index in [1.165, 1.54) is 37.6 Å². The highest BCUT2D eigenvalue weighted by atomic mass is 16.1. The average Bonchev–Trinajstić information content (AvgIpc) is 2.80. The number of primary amides is 1. The molecule has 2 N–H and O–H groups in total. The van der Waals surface area contributed by atoms with Gasteiger partial charge in [-0.15, -0.1) is 0 Å². The molecule has 0 unspecified atom stereocenters. The van der Waals surface area contributed by atoms with Gasteiger partial charge in [-0.1, -0.05) is 24.3 Å². The van der Waals surface area contributed by atoms with Crippen LogP contribution in [0, 0.1) is 0 Å². The first-order valence-corrected chi connectivity index (χ1v) is 6.03. The summed E-state index contributed by atoms with van der Waals surface area (Å²) >= 11 is 0. The van der Waals surface area contributed by atoms with Crippen molar-refractivity contribution in [1.29, 1.82) is 0 Å². The third-order valence-corrected chi connectivity index (χ3v) is 3.00. The van der Waals surface area contributed by atoms with Crippen molar-refractivity contribution in [1.82, 2.24) is 4.90 Å². The Labute approximate surface area is 102 Å². The van der Waals surface area contributed by atoms with E-state index in [4.69, 9.17) is 5.73 Å². The molecule has 1 saturated heterocycles. The summed E-state index contributed by atoms with van der Waals surface area (Å²) in [6, 6.07) is 8.23. The van der Waals surface area contributed by atoms with Crippen molar-refractivity contribution in [2.24, 2.45) is 5.73 Å². The third kappa shape index (κ3) is 3.71. The molecular formula is C14H18N2O. The lowest BCUT2D eigenvalue weighted by Gasteiger charge is -2.14. The Kier molecular flexibility index (Phi) is 3.94. The molecule has 3 heteroatoms. The molecule has 1 aliphatic heterocycles. The van der Waals surface area contributed by atoms with Gasteiger partial charge >= 0.3 is 0 Å². The lowest BCUT2D eigenvalue weighted by atomic mass is 10.1. The Balaban J connectivity index is 2.02. The van der Waals surface area contributed by atoms with E-state index < -0.39 is 5.91 Å². The van der Waals surface area contributed by atoms with Crippen molar-refractivity contribution in [3.05, 3.63) is 41.5 Å². The van der Waals surface area contributed by atoms with Crippen LogP contribution in [0.5, 0.6) is 0 Å². The van der Waals surface area contributed by atoms with E-state index in [0.717, 1.165) is 12.1 Å². The predicted octanol–water partition coefficient (Wildman–Crippen LogP) is 1.78. The van der Waals surface area contributed by atoms with Crippen molar-refractivity contribution in [3.63, 3.8) is 0 Å². The molecule has 1 aromatic carbocycles. The molecule has 90 valence electrons. The molecular weight excluding hydrogens is 212 g/mol. The summed E-state index contributed by atoms with van der Waals surface area (Å²) < 4.78 is 0. The van der Waals surface area contributed by atoms with Crippen molar-refractivity contribution >= 4 is 12.0 Å². The molecule has 0 radical (unpaired) electrons. The molecule has 17 heavy (non-hydrogen) atoms. The highest BCUT2D eigenvalue weighted by Gasteiger charge is 2.11. The van der Waals surface area contributed by atoms with Gasteiger partial charge in [-0.3, -0.25) is 9.69 Å². The minimum Gasteiger partial charge on any atom is -0.366 e. The molecule has 0 spiro atoms. The number of hydrogen-bond acceptors (Lipinski definition) is 2. The van der Waals surface area contributed by atoms with Gasteiger partial charge in [0, 0.05) is 12.6 Å². The molecule has 0 atom stereocenters. The summed E-state index contributed by atoms with van der Waals surface area (Å²) in [5.41, 5.74) is 7.39. The molecule has 1 aliphatic rings. The fourth-order valence-corrected chi connectivity index (χ4v) is 2.17. The first kappa shape index (κ1) is 11.9. The first-order chi connectivity index (χ1) is 8.24. The van der Waals surface area contributed by atoms with Crippen LogP contribution in [0.25, 0.3) is 6.08 Å². The van der Waals surface area contributed by atoms with Crippen LogP contribution in [-0.4, -0.2) is 23.9 Å². The second-order valence-corrected chi connectivity index (χ2v) is 4.46. The number of nitrogens with two attached hydrogens (primary N) is 1. The van der Waals surface area contributed by atoms with E-state index in [-0.39, 0.29) is 0 Å². The molecule has 2 rings (SSSR count). The van der Waals surface area contributed by atoms with Gasteiger partial charge in [-0.25, -0.2) is 0 Å². The van der Waals surface area contributed by atoms with Crippen LogP contribution in [-0.2, 0) is 11.3 Å². The highest BCUT2D eigenvalue weighted by molar-refractivity contribution is 5.90. The summed E-state index contributed by atoms with van der Waals surface area (Å²) in [7, 11) is 0. The van der Waals surface area contributed by atoms with Crippen LogP contribution in [0.2, 0.25) is 0 Å². The second kappa shape index (κ2) is 5.64. The van der Waals surface area contributed by atoms with Gasteiger partial charge in [0.25, 0.3) is 0 Å². The maximum atomic E-state index is 10.7. The number of likely N-dealkylation sites (tertiary alicyclic amines) is 1. The highest BCUT2D eigenvalue weighted by Crippen LogP contribution is 2.14. The molecule has 3 nitrogen and oxygen atoms in total. The minimum atomic E-state index is -0.407. The van der Waals surface area contributed by atoms with Gasteiger partial charge in [0.2, 0.25) is 5.91 Å². The van der Waals surface area contributed by atoms with E-state index in [1.807, 2.05) is 12.1 Å². The summed E-state index contributed by atoms with van der Waals surface area (Å²) in [5, 5.41) is 0. The molecule has 0 bridgehead atoms. The number of rotatable bonds is 4. The summed E-state index contributed by atoms with van der Waals surface area (Å²) in [6.07, 6.45) is 5.77. The number of nitrogens with zero attached hydrogens (tertiary/aromatic N) is 1.